The lowest BCUT2D eigenvalue weighted by atomic mass is 9.93. The zero-order valence-electron chi connectivity index (χ0n) is 14.5. The molecule has 0 aliphatic heterocycles. The maximum absolute atomic E-state index is 10.2. The second-order valence-electron chi connectivity index (χ2n) is 6.63. The summed E-state index contributed by atoms with van der Waals surface area (Å²) in [5.41, 5.74) is 8.17. The minimum atomic E-state index is -0.160. The Kier molecular flexibility index (Phi) is 5.62. The van der Waals surface area contributed by atoms with Crippen LogP contribution in [-0.4, -0.2) is 33.1 Å². The molecule has 0 amide bonds. The molecule has 5 nitrogen and oxygen atoms in total. The van der Waals surface area contributed by atoms with Crippen LogP contribution in [-0.2, 0) is 0 Å². The van der Waals surface area contributed by atoms with Crippen LogP contribution in [0.25, 0.3) is 0 Å². The van der Waals surface area contributed by atoms with Crippen molar-refractivity contribution >= 4 is 41.6 Å². The zero-order chi connectivity index (χ0) is 18.0. The molecular weight excluding hydrogens is 353 g/mol. The van der Waals surface area contributed by atoms with Gasteiger partial charge in [-0.1, -0.05) is 25.6 Å². The molecule has 7 heteroatoms. The maximum atomic E-state index is 10.2. The van der Waals surface area contributed by atoms with Gasteiger partial charge in [-0.05, 0) is 62.5 Å². The Hall–Kier alpha value is -1.62. The van der Waals surface area contributed by atoms with Gasteiger partial charge >= 0.3 is 0 Å². The van der Waals surface area contributed by atoms with Crippen LogP contribution in [0.2, 0.25) is 0 Å². The summed E-state index contributed by atoms with van der Waals surface area (Å²) < 4.78 is 0. The highest BCUT2D eigenvalue weighted by Gasteiger charge is 2.20. The smallest absolute Gasteiger partial charge is 0.185 e. The number of phenols is 1. The number of hydrogen-bond acceptors (Lipinski definition) is 6. The summed E-state index contributed by atoms with van der Waals surface area (Å²) in [6, 6.07) is 4.20. The van der Waals surface area contributed by atoms with Gasteiger partial charge in [0.25, 0.3) is 0 Å². The molecule has 2 aromatic rings. The van der Waals surface area contributed by atoms with E-state index in [4.69, 9.17) is 5.73 Å². The van der Waals surface area contributed by atoms with E-state index in [1.807, 2.05) is 19.6 Å². The standard InChI is InChI=1S/C18H24N3O2PS/c1-10-7-11(2)16(14(23)8-10)24-9-15-17(19)21-18(25-15)20-12-3-5-13(22)6-4-12/h7-9,12-13,22-23H,3-6,19H2,1-2H3,(H,20,21). The van der Waals surface area contributed by atoms with E-state index >= 15 is 0 Å². The number of aliphatic hydroxyl groups is 1. The van der Waals surface area contributed by atoms with E-state index in [1.54, 1.807) is 6.07 Å². The van der Waals surface area contributed by atoms with Gasteiger partial charge in [-0.2, -0.15) is 0 Å². The van der Waals surface area contributed by atoms with E-state index in [0.29, 0.717) is 17.6 Å². The summed E-state index contributed by atoms with van der Waals surface area (Å²) >= 11 is 1.53. The molecule has 1 aromatic carbocycles. The molecule has 25 heavy (non-hydrogen) atoms. The van der Waals surface area contributed by atoms with Crippen molar-refractivity contribution in [3.05, 3.63) is 28.1 Å². The number of phenolic OH excluding ortho intramolecular Hbond substituents is 1. The van der Waals surface area contributed by atoms with Gasteiger partial charge < -0.3 is 21.3 Å². The van der Waals surface area contributed by atoms with Crippen LogP contribution in [0.3, 0.4) is 0 Å². The molecular formula is C18H24N3O2PS. The van der Waals surface area contributed by atoms with Crippen LogP contribution in [0.1, 0.15) is 41.7 Å². The Bertz CT molecular complexity index is 760. The molecule has 1 aromatic heterocycles. The molecule has 0 spiro atoms. The number of aryl methyl sites for hydroxylation is 2. The Morgan fingerprint density at radius 2 is 2.00 bits per heavy atom. The number of nitrogen functional groups attached to an aromatic ring is 1. The maximum Gasteiger partial charge on any atom is 0.185 e. The predicted molar refractivity (Wildman–Crippen MR) is 108 cm³/mol. The fraction of sp³-hybridized carbons (Fsp3) is 0.444. The van der Waals surface area contributed by atoms with Crippen LogP contribution in [0.4, 0.5) is 10.9 Å². The fourth-order valence-corrected chi connectivity index (χ4v) is 5.06. The quantitative estimate of drug-likeness (QED) is 0.615. The molecule has 1 fully saturated rings. The molecule has 1 heterocycles. The van der Waals surface area contributed by atoms with Gasteiger partial charge in [0, 0.05) is 11.3 Å². The third-order valence-electron chi connectivity index (χ3n) is 4.44. The lowest BCUT2D eigenvalue weighted by Crippen LogP contribution is -2.28. The molecule has 1 aliphatic rings. The van der Waals surface area contributed by atoms with Crippen molar-refractivity contribution in [3.8, 4) is 5.75 Å². The molecule has 0 bridgehead atoms. The van der Waals surface area contributed by atoms with Crippen molar-refractivity contribution in [2.24, 2.45) is 0 Å². The topological polar surface area (TPSA) is 91.4 Å². The monoisotopic (exact) mass is 377 g/mol. The van der Waals surface area contributed by atoms with Gasteiger partial charge in [-0.25, -0.2) is 4.98 Å². The van der Waals surface area contributed by atoms with Crippen molar-refractivity contribution in [2.45, 2.75) is 51.7 Å². The Balaban J connectivity index is 1.72. The number of nitrogens with one attached hydrogen (secondary N) is 1. The predicted octanol–water partition coefficient (Wildman–Crippen LogP) is 3.19. The first kappa shape index (κ1) is 18.2. The summed E-state index contributed by atoms with van der Waals surface area (Å²) in [5, 5.41) is 24.9. The number of hydrogen-bond donors (Lipinski definition) is 4. The number of aromatic nitrogens is 1. The number of aliphatic hydroxyl groups excluding tert-OH is 1. The summed E-state index contributed by atoms with van der Waals surface area (Å²) in [4.78, 5) is 5.34. The number of benzene rings is 1. The SMILES string of the molecule is Cc1cc(C)c(P=Cc2sc(NC3CCC(O)CC3)nc2N)c(O)c1. The van der Waals surface area contributed by atoms with Crippen LogP contribution in [0, 0.1) is 13.8 Å². The molecule has 1 aliphatic carbocycles. The minimum absolute atomic E-state index is 0.160. The molecule has 0 unspecified atom stereocenters. The van der Waals surface area contributed by atoms with E-state index in [9.17, 15) is 10.2 Å². The summed E-state index contributed by atoms with van der Waals surface area (Å²) in [7, 11) is 0.904. The summed E-state index contributed by atoms with van der Waals surface area (Å²) in [6.07, 6.45) is 3.42. The molecule has 1 saturated carbocycles. The van der Waals surface area contributed by atoms with E-state index < -0.39 is 0 Å². The Labute approximate surface area is 153 Å². The fourth-order valence-electron chi connectivity index (χ4n) is 3.12. The normalized spacial score (nSPS) is 20.9. The van der Waals surface area contributed by atoms with Crippen molar-refractivity contribution in [1.29, 1.82) is 0 Å². The van der Waals surface area contributed by atoms with Crippen molar-refractivity contribution < 1.29 is 10.2 Å². The first-order valence-corrected chi connectivity index (χ1v) is 10.3. The van der Waals surface area contributed by atoms with Crippen molar-refractivity contribution in [1.82, 2.24) is 4.98 Å². The minimum Gasteiger partial charge on any atom is -0.507 e. The average molecular weight is 377 g/mol. The molecule has 0 saturated heterocycles. The first-order chi connectivity index (χ1) is 11.9. The lowest BCUT2D eigenvalue weighted by molar-refractivity contribution is 0.126. The number of rotatable bonds is 4. The second kappa shape index (κ2) is 7.73. The number of thiazole rings is 1. The third-order valence-corrected chi connectivity index (χ3v) is 6.79. The zero-order valence-corrected chi connectivity index (χ0v) is 16.2. The van der Waals surface area contributed by atoms with E-state index in [-0.39, 0.29) is 6.10 Å². The highest BCUT2D eigenvalue weighted by Crippen LogP contribution is 2.29. The van der Waals surface area contributed by atoms with Crippen LogP contribution in [0.5, 0.6) is 5.75 Å². The van der Waals surface area contributed by atoms with Crippen molar-refractivity contribution in [2.75, 3.05) is 11.1 Å². The molecule has 134 valence electrons. The molecule has 3 rings (SSSR count). The molecule has 0 radical (unpaired) electrons. The van der Waals surface area contributed by atoms with E-state index in [1.165, 1.54) is 11.3 Å². The van der Waals surface area contributed by atoms with E-state index in [0.717, 1.165) is 60.3 Å². The van der Waals surface area contributed by atoms with Gasteiger partial charge in [-0.3, -0.25) is 0 Å². The van der Waals surface area contributed by atoms with Crippen LogP contribution in [0.15, 0.2) is 12.1 Å². The summed E-state index contributed by atoms with van der Waals surface area (Å²) in [6.45, 7) is 3.98. The number of anilines is 2. The molecule has 5 N–H and O–H groups in total. The Morgan fingerprint density at radius 3 is 2.68 bits per heavy atom. The van der Waals surface area contributed by atoms with E-state index in [2.05, 4.69) is 16.4 Å². The van der Waals surface area contributed by atoms with Gasteiger partial charge in [0.05, 0.1) is 11.0 Å². The van der Waals surface area contributed by atoms with Crippen LogP contribution < -0.4 is 16.4 Å². The largest absolute Gasteiger partial charge is 0.507 e. The highest BCUT2D eigenvalue weighted by molar-refractivity contribution is 7.49. The van der Waals surface area contributed by atoms with Gasteiger partial charge in [0.1, 0.15) is 11.6 Å². The molecule has 0 atom stereocenters. The first-order valence-electron chi connectivity index (χ1n) is 8.47. The Morgan fingerprint density at radius 1 is 1.28 bits per heavy atom. The number of nitrogens with zero attached hydrogens (tertiary/aromatic N) is 1. The highest BCUT2D eigenvalue weighted by atomic mass is 32.1. The van der Waals surface area contributed by atoms with Crippen LogP contribution >= 0.6 is 19.5 Å². The number of aromatic hydroxyl groups is 1. The van der Waals surface area contributed by atoms with Gasteiger partial charge in [0.2, 0.25) is 0 Å². The average Bonchev–Trinajstić information content (AvgIpc) is 2.88. The van der Waals surface area contributed by atoms with Gasteiger partial charge in [0.15, 0.2) is 5.13 Å². The second-order valence-corrected chi connectivity index (χ2v) is 8.62. The summed E-state index contributed by atoms with van der Waals surface area (Å²) in [5.74, 6) is 2.83. The van der Waals surface area contributed by atoms with Gasteiger partial charge in [-0.15, -0.1) is 0 Å². The third kappa shape index (κ3) is 4.51. The van der Waals surface area contributed by atoms with Crippen molar-refractivity contribution in [3.63, 3.8) is 0 Å². The lowest BCUT2D eigenvalue weighted by Gasteiger charge is -2.25. The number of nitrogens with two attached hydrogens (primary N) is 1.